The Balaban J connectivity index is 2.01. The van der Waals surface area contributed by atoms with Crippen molar-refractivity contribution in [2.45, 2.75) is 50.4 Å². The molecule has 0 bridgehead atoms. The van der Waals surface area contributed by atoms with E-state index in [1.165, 1.54) is 6.92 Å². The molecule has 4 heteroatoms. The number of thioether (sulfide) groups is 1. The average molecular weight is 292 g/mol. The van der Waals surface area contributed by atoms with E-state index in [-0.39, 0.29) is 17.7 Å². The van der Waals surface area contributed by atoms with E-state index < -0.39 is 4.75 Å². The van der Waals surface area contributed by atoms with Crippen LogP contribution in [0.25, 0.3) is 0 Å². The SMILES string of the molecule is CC(=O)SC1(C(=O)OCc2ccccc2)CCCCC1. The van der Waals surface area contributed by atoms with Crippen LogP contribution < -0.4 is 0 Å². The Labute approximate surface area is 124 Å². The van der Waals surface area contributed by atoms with E-state index in [4.69, 9.17) is 4.74 Å². The van der Waals surface area contributed by atoms with Crippen LogP contribution in [0.5, 0.6) is 0 Å². The fraction of sp³-hybridized carbons (Fsp3) is 0.500. The summed E-state index contributed by atoms with van der Waals surface area (Å²) in [5.41, 5.74) is 0.972. The third-order valence-electron chi connectivity index (χ3n) is 3.59. The minimum atomic E-state index is -0.654. The number of esters is 1. The lowest BCUT2D eigenvalue weighted by Crippen LogP contribution is -2.39. The van der Waals surface area contributed by atoms with Crippen LogP contribution in [0.3, 0.4) is 0 Å². The molecule has 0 aromatic heterocycles. The zero-order chi connectivity index (χ0) is 14.4. The molecule has 1 aliphatic carbocycles. The molecule has 0 amide bonds. The standard InChI is InChI=1S/C16H20O3S/c1-13(17)20-16(10-6-3-7-11-16)15(18)19-12-14-8-4-2-5-9-14/h2,4-5,8-9H,3,6-7,10-12H2,1H3. The molecule has 0 radical (unpaired) electrons. The van der Waals surface area contributed by atoms with Crippen molar-refractivity contribution in [1.29, 1.82) is 0 Å². The Morgan fingerprint density at radius 1 is 1.15 bits per heavy atom. The third kappa shape index (κ3) is 3.85. The first-order chi connectivity index (χ1) is 9.62. The molecule has 0 unspecified atom stereocenters. The van der Waals surface area contributed by atoms with E-state index in [1.54, 1.807) is 0 Å². The molecular weight excluding hydrogens is 272 g/mol. The van der Waals surface area contributed by atoms with Gasteiger partial charge in [0.05, 0.1) is 0 Å². The molecule has 0 spiro atoms. The van der Waals surface area contributed by atoms with Crippen molar-refractivity contribution in [2.24, 2.45) is 0 Å². The van der Waals surface area contributed by atoms with Gasteiger partial charge in [0.25, 0.3) is 0 Å². The maximum atomic E-state index is 12.4. The van der Waals surface area contributed by atoms with Gasteiger partial charge < -0.3 is 4.74 Å². The van der Waals surface area contributed by atoms with Gasteiger partial charge >= 0.3 is 5.97 Å². The van der Waals surface area contributed by atoms with E-state index in [0.717, 1.165) is 49.4 Å². The molecule has 0 saturated heterocycles. The third-order valence-corrected chi connectivity index (χ3v) is 4.84. The number of carbonyl (C=O) groups excluding carboxylic acids is 2. The van der Waals surface area contributed by atoms with E-state index in [1.807, 2.05) is 30.3 Å². The molecule has 1 aromatic rings. The molecule has 0 aliphatic heterocycles. The fourth-order valence-corrected chi connectivity index (χ4v) is 3.79. The van der Waals surface area contributed by atoms with Crippen LogP contribution in [0.15, 0.2) is 30.3 Å². The van der Waals surface area contributed by atoms with Gasteiger partial charge in [-0.3, -0.25) is 9.59 Å². The van der Waals surface area contributed by atoms with Crippen molar-refractivity contribution >= 4 is 22.8 Å². The predicted molar refractivity (Wildman–Crippen MR) is 80.3 cm³/mol. The molecule has 0 atom stereocenters. The van der Waals surface area contributed by atoms with Crippen LogP contribution in [0.2, 0.25) is 0 Å². The monoisotopic (exact) mass is 292 g/mol. The molecule has 3 nitrogen and oxygen atoms in total. The number of ether oxygens (including phenoxy) is 1. The van der Waals surface area contributed by atoms with Crippen LogP contribution >= 0.6 is 11.8 Å². The normalized spacial score (nSPS) is 17.4. The molecule has 108 valence electrons. The maximum absolute atomic E-state index is 12.4. The van der Waals surface area contributed by atoms with Crippen molar-refractivity contribution in [3.63, 3.8) is 0 Å². The van der Waals surface area contributed by atoms with Gasteiger partial charge in [-0.05, 0) is 18.4 Å². The van der Waals surface area contributed by atoms with Gasteiger partial charge in [0.1, 0.15) is 11.4 Å². The molecule has 2 rings (SSSR count). The van der Waals surface area contributed by atoms with Crippen LogP contribution in [-0.4, -0.2) is 15.8 Å². The van der Waals surface area contributed by atoms with Crippen molar-refractivity contribution < 1.29 is 14.3 Å². The van der Waals surface area contributed by atoms with Crippen molar-refractivity contribution in [2.75, 3.05) is 0 Å². The summed E-state index contributed by atoms with van der Waals surface area (Å²) in [6.45, 7) is 1.80. The lowest BCUT2D eigenvalue weighted by molar-refractivity contribution is -0.149. The Kier molecular flexibility index (Phi) is 5.24. The summed E-state index contributed by atoms with van der Waals surface area (Å²) in [7, 11) is 0. The lowest BCUT2D eigenvalue weighted by Gasteiger charge is -2.33. The van der Waals surface area contributed by atoms with E-state index in [0.29, 0.717) is 0 Å². The van der Waals surface area contributed by atoms with E-state index in [2.05, 4.69) is 0 Å². The smallest absolute Gasteiger partial charge is 0.323 e. The molecule has 0 heterocycles. The molecule has 1 aliphatic rings. The quantitative estimate of drug-likeness (QED) is 0.793. The Morgan fingerprint density at radius 3 is 2.40 bits per heavy atom. The van der Waals surface area contributed by atoms with Crippen LogP contribution in [0, 0.1) is 0 Å². The van der Waals surface area contributed by atoms with E-state index in [9.17, 15) is 9.59 Å². The second kappa shape index (κ2) is 6.93. The minimum absolute atomic E-state index is 0.0106. The molecule has 1 saturated carbocycles. The van der Waals surface area contributed by atoms with Crippen LogP contribution in [-0.2, 0) is 20.9 Å². The largest absolute Gasteiger partial charge is 0.460 e. The second-order valence-electron chi connectivity index (χ2n) is 5.21. The first-order valence-electron chi connectivity index (χ1n) is 7.03. The minimum Gasteiger partial charge on any atom is -0.460 e. The summed E-state index contributed by atoms with van der Waals surface area (Å²) in [6, 6.07) is 9.63. The molecule has 0 N–H and O–H groups in total. The fourth-order valence-electron chi connectivity index (χ4n) is 2.60. The highest BCUT2D eigenvalue weighted by Gasteiger charge is 2.43. The van der Waals surface area contributed by atoms with Gasteiger partial charge in [-0.25, -0.2) is 0 Å². The highest BCUT2D eigenvalue weighted by atomic mass is 32.2. The van der Waals surface area contributed by atoms with Gasteiger partial charge in [-0.2, -0.15) is 0 Å². The lowest BCUT2D eigenvalue weighted by atomic mass is 9.88. The summed E-state index contributed by atoms with van der Waals surface area (Å²) in [5.74, 6) is -0.235. The number of benzene rings is 1. The Morgan fingerprint density at radius 2 is 1.80 bits per heavy atom. The molecule has 1 aromatic carbocycles. The molecule has 1 fully saturated rings. The number of hydrogen-bond donors (Lipinski definition) is 0. The number of carbonyl (C=O) groups is 2. The Hall–Kier alpha value is -1.29. The summed E-state index contributed by atoms with van der Waals surface area (Å²) in [6.07, 6.45) is 4.59. The topological polar surface area (TPSA) is 43.4 Å². The maximum Gasteiger partial charge on any atom is 0.323 e. The summed E-state index contributed by atoms with van der Waals surface area (Å²) >= 11 is 1.15. The second-order valence-corrected chi connectivity index (χ2v) is 6.77. The van der Waals surface area contributed by atoms with Gasteiger partial charge in [0.15, 0.2) is 5.12 Å². The highest BCUT2D eigenvalue weighted by molar-refractivity contribution is 8.15. The van der Waals surface area contributed by atoms with Gasteiger partial charge in [-0.1, -0.05) is 61.4 Å². The zero-order valence-corrected chi connectivity index (χ0v) is 12.6. The van der Waals surface area contributed by atoms with Crippen molar-refractivity contribution in [3.05, 3.63) is 35.9 Å². The number of rotatable bonds is 4. The number of hydrogen-bond acceptors (Lipinski definition) is 4. The summed E-state index contributed by atoms with van der Waals surface area (Å²) in [4.78, 5) is 23.9. The van der Waals surface area contributed by atoms with Gasteiger partial charge in [0, 0.05) is 6.92 Å². The van der Waals surface area contributed by atoms with Crippen LogP contribution in [0.1, 0.15) is 44.6 Å². The van der Waals surface area contributed by atoms with Gasteiger partial charge in [-0.15, -0.1) is 0 Å². The highest BCUT2D eigenvalue weighted by Crippen LogP contribution is 2.41. The molecule has 20 heavy (non-hydrogen) atoms. The summed E-state index contributed by atoms with van der Waals surface area (Å²) in [5, 5.41) is -0.0106. The zero-order valence-electron chi connectivity index (χ0n) is 11.8. The van der Waals surface area contributed by atoms with Crippen molar-refractivity contribution in [3.8, 4) is 0 Å². The first kappa shape index (κ1) is 15.1. The van der Waals surface area contributed by atoms with E-state index >= 15 is 0 Å². The molecular formula is C16H20O3S. The van der Waals surface area contributed by atoms with Gasteiger partial charge in [0.2, 0.25) is 0 Å². The Bertz CT molecular complexity index is 464. The van der Waals surface area contributed by atoms with Crippen molar-refractivity contribution in [1.82, 2.24) is 0 Å². The summed E-state index contributed by atoms with van der Waals surface area (Å²) < 4.78 is 4.81. The first-order valence-corrected chi connectivity index (χ1v) is 7.85. The predicted octanol–water partition coefficient (Wildman–Crippen LogP) is 3.71. The van der Waals surface area contributed by atoms with Crippen LogP contribution in [0.4, 0.5) is 0 Å². The average Bonchev–Trinajstić information content (AvgIpc) is 2.46.